The summed E-state index contributed by atoms with van der Waals surface area (Å²) < 4.78 is 5.51. The van der Waals surface area contributed by atoms with Gasteiger partial charge in [0.25, 0.3) is 0 Å². The lowest BCUT2D eigenvalue weighted by Crippen LogP contribution is -2.18. The monoisotopic (exact) mass is 180 g/mol. The van der Waals surface area contributed by atoms with Crippen LogP contribution < -0.4 is 5.73 Å². The lowest BCUT2D eigenvalue weighted by Gasteiger charge is -2.12. The number of hydrogen-bond acceptors (Lipinski definition) is 3. The number of rotatable bonds is 2. The summed E-state index contributed by atoms with van der Waals surface area (Å²) in [7, 11) is 0. The van der Waals surface area contributed by atoms with Crippen molar-refractivity contribution in [2.45, 2.75) is 26.3 Å². The molecule has 2 N–H and O–H groups in total. The highest BCUT2D eigenvalue weighted by Gasteiger charge is 2.15. The van der Waals surface area contributed by atoms with E-state index in [0.717, 1.165) is 23.8 Å². The fraction of sp³-hybridized carbons (Fsp3) is 0.600. The van der Waals surface area contributed by atoms with Gasteiger partial charge in [0.05, 0.1) is 12.2 Å². The van der Waals surface area contributed by atoms with Crippen LogP contribution in [0.15, 0.2) is 10.5 Å². The standard InChI is InChI=1S/C10H16N2O/c1-8-6-9(11)10(13-8)7-12-4-2-3-5-12/h6H,2-5,7,11H2,1H3. The van der Waals surface area contributed by atoms with Gasteiger partial charge in [-0.15, -0.1) is 0 Å². The van der Waals surface area contributed by atoms with Gasteiger partial charge in [0.2, 0.25) is 0 Å². The van der Waals surface area contributed by atoms with Gasteiger partial charge in [0.15, 0.2) is 0 Å². The minimum absolute atomic E-state index is 0.796. The molecule has 0 unspecified atom stereocenters. The van der Waals surface area contributed by atoms with Crippen LogP contribution in [-0.4, -0.2) is 18.0 Å². The second kappa shape index (κ2) is 3.42. The Bertz CT molecular complexity index is 287. The number of furan rings is 1. The summed E-state index contributed by atoms with van der Waals surface area (Å²) in [6.07, 6.45) is 2.61. The summed E-state index contributed by atoms with van der Waals surface area (Å²) in [6.45, 7) is 5.17. The fourth-order valence-electron chi connectivity index (χ4n) is 1.85. The van der Waals surface area contributed by atoms with Crippen LogP contribution in [0.25, 0.3) is 0 Å². The van der Waals surface area contributed by atoms with E-state index >= 15 is 0 Å². The predicted molar refractivity (Wildman–Crippen MR) is 52.4 cm³/mol. The van der Waals surface area contributed by atoms with E-state index in [1.807, 2.05) is 13.0 Å². The molecule has 1 aromatic heterocycles. The summed E-state index contributed by atoms with van der Waals surface area (Å²) >= 11 is 0. The number of anilines is 1. The molecule has 1 saturated heterocycles. The van der Waals surface area contributed by atoms with Crippen molar-refractivity contribution in [1.29, 1.82) is 0 Å². The van der Waals surface area contributed by atoms with Gasteiger partial charge < -0.3 is 10.2 Å². The van der Waals surface area contributed by atoms with Crippen molar-refractivity contribution in [3.63, 3.8) is 0 Å². The second-order valence-corrected chi connectivity index (χ2v) is 3.72. The minimum Gasteiger partial charge on any atom is -0.463 e. The second-order valence-electron chi connectivity index (χ2n) is 3.72. The molecule has 72 valence electrons. The Morgan fingerprint density at radius 2 is 2.15 bits per heavy atom. The average molecular weight is 180 g/mol. The largest absolute Gasteiger partial charge is 0.463 e. The number of nitrogens with zero attached hydrogens (tertiary/aromatic N) is 1. The molecule has 0 aliphatic carbocycles. The maximum absolute atomic E-state index is 5.80. The van der Waals surface area contributed by atoms with Crippen LogP contribution in [0.1, 0.15) is 24.4 Å². The molecule has 0 spiro atoms. The molecule has 1 fully saturated rings. The van der Waals surface area contributed by atoms with E-state index in [1.165, 1.54) is 25.9 Å². The average Bonchev–Trinajstić information content (AvgIpc) is 2.63. The van der Waals surface area contributed by atoms with Crippen LogP contribution >= 0.6 is 0 Å². The van der Waals surface area contributed by atoms with Gasteiger partial charge in [0.1, 0.15) is 11.5 Å². The number of hydrogen-bond donors (Lipinski definition) is 1. The maximum Gasteiger partial charge on any atom is 0.140 e. The zero-order valence-corrected chi connectivity index (χ0v) is 8.05. The maximum atomic E-state index is 5.80. The summed E-state index contributed by atoms with van der Waals surface area (Å²) in [5.41, 5.74) is 6.59. The lowest BCUT2D eigenvalue weighted by molar-refractivity contribution is 0.295. The lowest BCUT2D eigenvalue weighted by atomic mass is 10.3. The van der Waals surface area contributed by atoms with E-state index in [2.05, 4.69) is 4.90 Å². The van der Waals surface area contributed by atoms with Crippen molar-refractivity contribution in [2.75, 3.05) is 18.8 Å². The minimum atomic E-state index is 0.796. The van der Waals surface area contributed by atoms with Crippen LogP contribution in [-0.2, 0) is 6.54 Å². The van der Waals surface area contributed by atoms with Gasteiger partial charge in [-0.25, -0.2) is 0 Å². The predicted octanol–water partition coefficient (Wildman–Crippen LogP) is 1.77. The Kier molecular flexibility index (Phi) is 2.27. The van der Waals surface area contributed by atoms with Gasteiger partial charge in [-0.2, -0.15) is 0 Å². The van der Waals surface area contributed by atoms with E-state index in [-0.39, 0.29) is 0 Å². The molecule has 0 aromatic carbocycles. The third-order valence-corrected chi connectivity index (χ3v) is 2.53. The van der Waals surface area contributed by atoms with Crippen molar-refractivity contribution in [3.8, 4) is 0 Å². The van der Waals surface area contributed by atoms with E-state index in [9.17, 15) is 0 Å². The topological polar surface area (TPSA) is 42.4 Å². The Morgan fingerprint density at radius 3 is 2.69 bits per heavy atom. The molecule has 1 aliphatic heterocycles. The third-order valence-electron chi connectivity index (χ3n) is 2.53. The first-order chi connectivity index (χ1) is 6.25. The van der Waals surface area contributed by atoms with Crippen molar-refractivity contribution in [3.05, 3.63) is 17.6 Å². The Hall–Kier alpha value is -0.960. The molecule has 1 aliphatic rings. The van der Waals surface area contributed by atoms with Crippen molar-refractivity contribution in [1.82, 2.24) is 4.90 Å². The zero-order valence-electron chi connectivity index (χ0n) is 8.05. The van der Waals surface area contributed by atoms with Crippen LogP contribution in [0.2, 0.25) is 0 Å². The Morgan fingerprint density at radius 1 is 1.46 bits per heavy atom. The first kappa shape index (κ1) is 8.63. The third kappa shape index (κ3) is 1.86. The summed E-state index contributed by atoms with van der Waals surface area (Å²) in [5.74, 6) is 1.84. The van der Waals surface area contributed by atoms with Gasteiger partial charge in [0, 0.05) is 6.07 Å². The molecule has 1 aromatic rings. The number of aryl methyl sites for hydroxylation is 1. The van der Waals surface area contributed by atoms with Crippen molar-refractivity contribution < 1.29 is 4.42 Å². The fourth-order valence-corrected chi connectivity index (χ4v) is 1.85. The molecule has 0 atom stereocenters. The molecule has 0 radical (unpaired) electrons. The van der Waals surface area contributed by atoms with Gasteiger partial charge in [-0.05, 0) is 32.9 Å². The van der Waals surface area contributed by atoms with Gasteiger partial charge in [-0.3, -0.25) is 4.90 Å². The van der Waals surface area contributed by atoms with E-state index in [0.29, 0.717) is 0 Å². The summed E-state index contributed by atoms with van der Waals surface area (Å²) in [5, 5.41) is 0. The molecular weight excluding hydrogens is 164 g/mol. The van der Waals surface area contributed by atoms with Crippen molar-refractivity contribution in [2.24, 2.45) is 0 Å². The zero-order chi connectivity index (χ0) is 9.26. The molecule has 0 bridgehead atoms. The molecular formula is C10H16N2O. The summed E-state index contributed by atoms with van der Waals surface area (Å²) in [6, 6.07) is 1.89. The highest BCUT2D eigenvalue weighted by Crippen LogP contribution is 2.20. The SMILES string of the molecule is Cc1cc(N)c(CN2CCCC2)o1. The quantitative estimate of drug-likeness (QED) is 0.754. The highest BCUT2D eigenvalue weighted by molar-refractivity contribution is 5.42. The number of likely N-dealkylation sites (tertiary alicyclic amines) is 1. The first-order valence-corrected chi connectivity index (χ1v) is 4.83. The molecule has 0 saturated carbocycles. The first-order valence-electron chi connectivity index (χ1n) is 4.83. The van der Waals surface area contributed by atoms with E-state index < -0.39 is 0 Å². The molecule has 13 heavy (non-hydrogen) atoms. The van der Waals surface area contributed by atoms with Crippen LogP contribution in [0.3, 0.4) is 0 Å². The smallest absolute Gasteiger partial charge is 0.140 e. The molecule has 0 amide bonds. The molecule has 3 heteroatoms. The van der Waals surface area contributed by atoms with Crippen LogP contribution in [0.5, 0.6) is 0 Å². The Labute approximate surface area is 78.5 Å². The van der Waals surface area contributed by atoms with Crippen LogP contribution in [0, 0.1) is 6.92 Å². The van der Waals surface area contributed by atoms with Crippen LogP contribution in [0.4, 0.5) is 5.69 Å². The number of nitrogen functional groups attached to an aromatic ring is 1. The Balaban J connectivity index is 2.03. The summed E-state index contributed by atoms with van der Waals surface area (Å²) in [4.78, 5) is 2.38. The molecule has 3 nitrogen and oxygen atoms in total. The highest BCUT2D eigenvalue weighted by atomic mass is 16.3. The molecule has 2 heterocycles. The molecule has 2 rings (SSSR count). The van der Waals surface area contributed by atoms with Gasteiger partial charge >= 0.3 is 0 Å². The normalized spacial score (nSPS) is 18.2. The van der Waals surface area contributed by atoms with E-state index in [1.54, 1.807) is 0 Å². The van der Waals surface area contributed by atoms with Crippen molar-refractivity contribution >= 4 is 5.69 Å². The van der Waals surface area contributed by atoms with Gasteiger partial charge in [-0.1, -0.05) is 0 Å². The van der Waals surface area contributed by atoms with E-state index in [4.69, 9.17) is 10.2 Å². The number of nitrogens with two attached hydrogens (primary N) is 1.